The highest BCUT2D eigenvalue weighted by molar-refractivity contribution is 5.74. The van der Waals surface area contributed by atoms with Gasteiger partial charge in [0.15, 0.2) is 6.10 Å². The van der Waals surface area contributed by atoms with Crippen LogP contribution >= 0.6 is 0 Å². The number of urea groups is 1. The monoisotopic (exact) mass is 420 g/mol. The first-order chi connectivity index (χ1) is 14.4. The molecular formula is C23H36N2O5. The molecule has 30 heavy (non-hydrogen) atoms. The van der Waals surface area contributed by atoms with Gasteiger partial charge < -0.3 is 24.8 Å². The van der Waals surface area contributed by atoms with Crippen molar-refractivity contribution in [3.63, 3.8) is 0 Å². The zero-order valence-electron chi connectivity index (χ0n) is 18.4. The molecule has 0 aliphatic heterocycles. The smallest absolute Gasteiger partial charge is 0.333 e. The van der Waals surface area contributed by atoms with Crippen LogP contribution in [0.5, 0.6) is 5.75 Å². The summed E-state index contributed by atoms with van der Waals surface area (Å²) in [6.45, 7) is 7.94. The molecule has 0 bridgehead atoms. The number of carboxylic acids is 1. The van der Waals surface area contributed by atoms with Crippen LogP contribution in [0.1, 0.15) is 52.0 Å². The number of ether oxygens (including phenoxy) is 2. The Kier molecular flexibility index (Phi) is 9.94. The number of nitrogens with one attached hydrogen (secondary N) is 1. The van der Waals surface area contributed by atoms with Crippen molar-refractivity contribution in [3.8, 4) is 5.75 Å². The lowest BCUT2D eigenvalue weighted by Gasteiger charge is -2.33. The first-order valence-corrected chi connectivity index (χ1v) is 11.0. The van der Waals surface area contributed by atoms with Gasteiger partial charge >= 0.3 is 12.0 Å². The lowest BCUT2D eigenvalue weighted by molar-refractivity contribution is -0.149. The van der Waals surface area contributed by atoms with Gasteiger partial charge in [-0.2, -0.15) is 0 Å². The summed E-state index contributed by atoms with van der Waals surface area (Å²) in [4.78, 5) is 25.7. The zero-order chi connectivity index (χ0) is 21.9. The van der Waals surface area contributed by atoms with E-state index in [1.165, 1.54) is 19.3 Å². The van der Waals surface area contributed by atoms with E-state index >= 15 is 0 Å². The molecule has 0 saturated heterocycles. The minimum atomic E-state index is -0.959. The average molecular weight is 421 g/mol. The number of rotatable bonds is 13. The van der Waals surface area contributed by atoms with Crippen LogP contribution in [-0.2, 0) is 16.0 Å². The van der Waals surface area contributed by atoms with Crippen LogP contribution < -0.4 is 10.1 Å². The van der Waals surface area contributed by atoms with E-state index in [4.69, 9.17) is 9.47 Å². The van der Waals surface area contributed by atoms with Gasteiger partial charge in [0.05, 0.1) is 6.54 Å². The molecule has 2 rings (SSSR count). The number of benzene rings is 1. The van der Waals surface area contributed by atoms with Crippen LogP contribution in [0, 0.1) is 5.92 Å². The van der Waals surface area contributed by atoms with Crippen LogP contribution in [0.2, 0.25) is 0 Å². The van der Waals surface area contributed by atoms with Gasteiger partial charge in [0.2, 0.25) is 0 Å². The number of amides is 2. The Balaban J connectivity index is 1.84. The molecule has 0 heterocycles. The molecule has 2 amide bonds. The predicted molar refractivity (Wildman–Crippen MR) is 116 cm³/mol. The first kappa shape index (κ1) is 24.0. The molecule has 7 heteroatoms. The normalized spacial score (nSPS) is 15.7. The van der Waals surface area contributed by atoms with E-state index in [0.29, 0.717) is 37.8 Å². The molecule has 2 atom stereocenters. The number of hydrogen-bond acceptors (Lipinski definition) is 4. The maximum Gasteiger partial charge on any atom is 0.333 e. The van der Waals surface area contributed by atoms with Gasteiger partial charge in [-0.1, -0.05) is 25.5 Å². The largest absolute Gasteiger partial charge is 0.492 e. The molecule has 1 aromatic rings. The Hall–Kier alpha value is -2.28. The maximum atomic E-state index is 12.6. The molecule has 1 aliphatic carbocycles. The van der Waals surface area contributed by atoms with Crippen molar-refractivity contribution >= 4 is 12.0 Å². The van der Waals surface area contributed by atoms with E-state index in [-0.39, 0.29) is 12.1 Å². The van der Waals surface area contributed by atoms with E-state index in [9.17, 15) is 14.7 Å². The van der Waals surface area contributed by atoms with Gasteiger partial charge in [-0.25, -0.2) is 9.59 Å². The van der Waals surface area contributed by atoms with Crippen LogP contribution in [0.25, 0.3) is 0 Å². The SMILES string of the molecule is CCOC(Cc1ccc(OCCN(CC2CCC2)C(=O)NC(C)CC)cc1)C(=O)O. The predicted octanol–water partition coefficient (Wildman–Crippen LogP) is 3.71. The quantitative estimate of drug-likeness (QED) is 0.508. The molecule has 1 aliphatic rings. The molecule has 1 saturated carbocycles. The molecule has 0 spiro atoms. The molecule has 1 aromatic carbocycles. The second kappa shape index (κ2) is 12.4. The topological polar surface area (TPSA) is 88.1 Å². The average Bonchev–Trinajstić information content (AvgIpc) is 2.69. The fraction of sp³-hybridized carbons (Fsp3) is 0.652. The van der Waals surface area contributed by atoms with E-state index < -0.39 is 12.1 Å². The highest BCUT2D eigenvalue weighted by atomic mass is 16.5. The Morgan fingerprint density at radius 2 is 1.93 bits per heavy atom. The number of carbonyl (C=O) groups is 2. The summed E-state index contributed by atoms with van der Waals surface area (Å²) in [5.74, 6) is 0.340. The second-order valence-corrected chi connectivity index (χ2v) is 7.98. The third-order valence-corrected chi connectivity index (χ3v) is 5.59. The molecule has 2 unspecified atom stereocenters. The summed E-state index contributed by atoms with van der Waals surface area (Å²) in [6.07, 6.45) is 4.00. The van der Waals surface area contributed by atoms with Gasteiger partial charge in [0, 0.05) is 25.6 Å². The zero-order valence-corrected chi connectivity index (χ0v) is 18.4. The number of hydrogen-bond donors (Lipinski definition) is 2. The summed E-state index contributed by atoms with van der Waals surface area (Å²) in [5, 5.41) is 12.2. The van der Waals surface area contributed by atoms with E-state index in [0.717, 1.165) is 18.5 Å². The van der Waals surface area contributed by atoms with Crippen molar-refractivity contribution in [1.82, 2.24) is 10.2 Å². The summed E-state index contributed by atoms with van der Waals surface area (Å²) in [6, 6.07) is 7.50. The Morgan fingerprint density at radius 3 is 2.47 bits per heavy atom. The summed E-state index contributed by atoms with van der Waals surface area (Å²) >= 11 is 0. The third kappa shape index (κ3) is 7.86. The maximum absolute atomic E-state index is 12.6. The number of nitrogens with zero attached hydrogens (tertiary/aromatic N) is 1. The Bertz CT molecular complexity index is 660. The van der Waals surface area contributed by atoms with Crippen LogP contribution in [-0.4, -0.2) is 60.5 Å². The minimum Gasteiger partial charge on any atom is -0.492 e. The van der Waals surface area contributed by atoms with E-state index in [2.05, 4.69) is 12.2 Å². The van der Waals surface area contributed by atoms with Crippen molar-refractivity contribution in [1.29, 1.82) is 0 Å². The van der Waals surface area contributed by atoms with Crippen LogP contribution in [0.3, 0.4) is 0 Å². The van der Waals surface area contributed by atoms with Crippen molar-refractivity contribution in [2.45, 2.75) is 65.0 Å². The summed E-state index contributed by atoms with van der Waals surface area (Å²) < 4.78 is 11.1. The summed E-state index contributed by atoms with van der Waals surface area (Å²) in [7, 11) is 0. The van der Waals surface area contributed by atoms with Gasteiger partial charge in [0.25, 0.3) is 0 Å². The first-order valence-electron chi connectivity index (χ1n) is 11.0. The van der Waals surface area contributed by atoms with Crippen molar-refractivity contribution in [3.05, 3.63) is 29.8 Å². The fourth-order valence-corrected chi connectivity index (χ4v) is 3.30. The highest BCUT2D eigenvalue weighted by Crippen LogP contribution is 2.27. The van der Waals surface area contributed by atoms with Crippen LogP contribution in [0.15, 0.2) is 24.3 Å². The standard InChI is InChI=1S/C23H36N2O5/c1-4-17(3)24-23(28)25(16-19-7-6-8-19)13-14-30-20-11-9-18(10-12-20)15-21(22(26)27)29-5-2/h9-12,17,19,21H,4-8,13-16H2,1-3H3,(H,24,28)(H,26,27). The molecule has 1 fully saturated rings. The van der Waals surface area contributed by atoms with Gasteiger partial charge in [-0.3, -0.25) is 0 Å². The van der Waals surface area contributed by atoms with Gasteiger partial charge in [-0.15, -0.1) is 0 Å². The lowest BCUT2D eigenvalue weighted by Crippen LogP contribution is -2.47. The Labute approximate surface area is 179 Å². The molecule has 0 aromatic heterocycles. The third-order valence-electron chi connectivity index (χ3n) is 5.59. The second-order valence-electron chi connectivity index (χ2n) is 7.98. The molecule has 2 N–H and O–H groups in total. The van der Waals surface area contributed by atoms with E-state index in [1.807, 2.05) is 36.1 Å². The fourth-order valence-electron chi connectivity index (χ4n) is 3.30. The van der Waals surface area contributed by atoms with Crippen molar-refractivity contribution in [2.75, 3.05) is 26.3 Å². The number of carbonyl (C=O) groups excluding carboxylic acids is 1. The Morgan fingerprint density at radius 1 is 1.23 bits per heavy atom. The van der Waals surface area contributed by atoms with Crippen molar-refractivity contribution < 1.29 is 24.2 Å². The molecule has 7 nitrogen and oxygen atoms in total. The molecule has 0 radical (unpaired) electrons. The number of carboxylic acid groups (broad SMARTS) is 1. The number of aliphatic carboxylic acids is 1. The van der Waals surface area contributed by atoms with Crippen LogP contribution in [0.4, 0.5) is 4.79 Å². The van der Waals surface area contributed by atoms with Gasteiger partial charge in [-0.05, 0) is 56.7 Å². The molecular weight excluding hydrogens is 384 g/mol. The van der Waals surface area contributed by atoms with Crippen molar-refractivity contribution in [2.24, 2.45) is 5.92 Å². The van der Waals surface area contributed by atoms with Gasteiger partial charge in [0.1, 0.15) is 12.4 Å². The highest BCUT2D eigenvalue weighted by Gasteiger charge is 2.24. The minimum absolute atomic E-state index is 0.0224. The lowest BCUT2D eigenvalue weighted by atomic mass is 9.85. The van der Waals surface area contributed by atoms with E-state index in [1.54, 1.807) is 6.92 Å². The molecule has 168 valence electrons. The summed E-state index contributed by atoms with van der Waals surface area (Å²) in [5.41, 5.74) is 0.878.